The number of rotatable bonds is 6. The fourth-order valence-corrected chi connectivity index (χ4v) is 1.56. The van der Waals surface area contributed by atoms with Crippen molar-refractivity contribution in [1.29, 1.82) is 0 Å². The number of methoxy groups -OCH3 is 1. The van der Waals surface area contributed by atoms with Crippen molar-refractivity contribution < 1.29 is 4.74 Å². The molecular formula is C12H17N5O. The van der Waals surface area contributed by atoms with E-state index in [1.165, 1.54) is 0 Å². The van der Waals surface area contributed by atoms with Gasteiger partial charge in [-0.1, -0.05) is 18.2 Å². The first-order valence-corrected chi connectivity index (χ1v) is 5.87. The molecule has 2 aromatic rings. The van der Waals surface area contributed by atoms with Gasteiger partial charge in [0.15, 0.2) is 5.82 Å². The lowest BCUT2D eigenvalue weighted by Gasteiger charge is -2.10. The topological polar surface area (TPSA) is 64.9 Å². The van der Waals surface area contributed by atoms with Gasteiger partial charge >= 0.3 is 0 Å². The molecule has 18 heavy (non-hydrogen) atoms. The van der Waals surface area contributed by atoms with E-state index in [0.29, 0.717) is 6.54 Å². The SMILES string of the molecule is COC(C)CNCc1nnnn1-c1ccccc1. The third-order valence-corrected chi connectivity index (χ3v) is 2.65. The molecule has 6 nitrogen and oxygen atoms in total. The van der Waals surface area contributed by atoms with E-state index in [0.717, 1.165) is 18.1 Å². The number of hydrogen-bond acceptors (Lipinski definition) is 5. The van der Waals surface area contributed by atoms with Crippen LogP contribution in [0.5, 0.6) is 0 Å². The molecule has 0 spiro atoms. The number of hydrogen-bond donors (Lipinski definition) is 1. The zero-order valence-corrected chi connectivity index (χ0v) is 10.6. The van der Waals surface area contributed by atoms with E-state index in [9.17, 15) is 0 Å². The molecule has 0 saturated carbocycles. The van der Waals surface area contributed by atoms with Gasteiger partial charge in [-0.05, 0) is 29.5 Å². The Morgan fingerprint density at radius 3 is 2.83 bits per heavy atom. The van der Waals surface area contributed by atoms with Crippen molar-refractivity contribution >= 4 is 0 Å². The van der Waals surface area contributed by atoms with Crippen LogP contribution in [0.1, 0.15) is 12.7 Å². The predicted octanol–water partition coefficient (Wildman–Crippen LogP) is 0.787. The normalized spacial score (nSPS) is 12.6. The summed E-state index contributed by atoms with van der Waals surface area (Å²) in [5, 5.41) is 15.0. The van der Waals surface area contributed by atoms with Gasteiger partial charge in [-0.25, -0.2) is 0 Å². The molecule has 96 valence electrons. The van der Waals surface area contributed by atoms with Crippen molar-refractivity contribution in [2.45, 2.75) is 19.6 Å². The van der Waals surface area contributed by atoms with Gasteiger partial charge in [-0.2, -0.15) is 4.68 Å². The quantitative estimate of drug-likeness (QED) is 0.817. The number of tetrazole rings is 1. The van der Waals surface area contributed by atoms with Crippen molar-refractivity contribution in [1.82, 2.24) is 25.5 Å². The van der Waals surface area contributed by atoms with Gasteiger partial charge in [-0.15, -0.1) is 5.10 Å². The van der Waals surface area contributed by atoms with Crippen LogP contribution < -0.4 is 5.32 Å². The smallest absolute Gasteiger partial charge is 0.170 e. The molecule has 1 unspecified atom stereocenters. The van der Waals surface area contributed by atoms with Crippen molar-refractivity contribution in [2.24, 2.45) is 0 Å². The summed E-state index contributed by atoms with van der Waals surface area (Å²) < 4.78 is 6.89. The second kappa shape index (κ2) is 6.23. The Bertz CT molecular complexity index is 470. The van der Waals surface area contributed by atoms with E-state index in [2.05, 4.69) is 20.8 Å². The van der Waals surface area contributed by atoms with Crippen molar-refractivity contribution in [2.75, 3.05) is 13.7 Å². The third kappa shape index (κ3) is 3.12. The van der Waals surface area contributed by atoms with Crippen LogP contribution in [-0.4, -0.2) is 40.0 Å². The molecule has 1 heterocycles. The molecule has 1 aromatic heterocycles. The number of aromatic nitrogens is 4. The van der Waals surface area contributed by atoms with E-state index in [1.54, 1.807) is 11.8 Å². The molecule has 2 rings (SSSR count). The largest absolute Gasteiger partial charge is 0.380 e. The second-order valence-corrected chi connectivity index (χ2v) is 4.02. The summed E-state index contributed by atoms with van der Waals surface area (Å²) in [6.45, 7) is 3.38. The van der Waals surface area contributed by atoms with Crippen LogP contribution in [0.4, 0.5) is 0 Å². The van der Waals surface area contributed by atoms with Crippen LogP contribution in [0.15, 0.2) is 30.3 Å². The standard InChI is InChI=1S/C12H17N5O/c1-10(18-2)8-13-9-12-14-15-16-17(12)11-6-4-3-5-7-11/h3-7,10,13H,8-9H2,1-2H3. The van der Waals surface area contributed by atoms with Gasteiger partial charge in [0, 0.05) is 13.7 Å². The summed E-state index contributed by atoms with van der Waals surface area (Å²) in [5.74, 6) is 0.782. The van der Waals surface area contributed by atoms with Crippen LogP contribution in [0.2, 0.25) is 0 Å². The highest BCUT2D eigenvalue weighted by Crippen LogP contribution is 2.06. The highest BCUT2D eigenvalue weighted by atomic mass is 16.5. The zero-order chi connectivity index (χ0) is 12.8. The molecule has 0 aliphatic rings. The summed E-state index contributed by atoms with van der Waals surface area (Å²) in [6, 6.07) is 9.82. The maximum absolute atomic E-state index is 5.16. The molecular weight excluding hydrogens is 230 g/mol. The minimum absolute atomic E-state index is 0.172. The molecule has 1 aromatic carbocycles. The maximum atomic E-state index is 5.16. The molecule has 0 aliphatic carbocycles. The monoisotopic (exact) mass is 247 g/mol. The Morgan fingerprint density at radius 2 is 2.11 bits per heavy atom. The van der Waals surface area contributed by atoms with Crippen LogP contribution >= 0.6 is 0 Å². The van der Waals surface area contributed by atoms with E-state index in [1.807, 2.05) is 37.3 Å². The average Bonchev–Trinajstić information content (AvgIpc) is 2.88. The van der Waals surface area contributed by atoms with Crippen molar-refractivity contribution in [3.05, 3.63) is 36.2 Å². The Balaban J connectivity index is 2.00. The van der Waals surface area contributed by atoms with E-state index in [-0.39, 0.29) is 6.10 Å². The first-order chi connectivity index (χ1) is 8.81. The van der Waals surface area contributed by atoms with Gasteiger partial charge in [0.2, 0.25) is 0 Å². The second-order valence-electron chi connectivity index (χ2n) is 4.02. The third-order valence-electron chi connectivity index (χ3n) is 2.65. The predicted molar refractivity (Wildman–Crippen MR) is 67.3 cm³/mol. The lowest BCUT2D eigenvalue weighted by atomic mass is 10.3. The highest BCUT2D eigenvalue weighted by Gasteiger charge is 2.07. The molecule has 0 fully saturated rings. The molecule has 0 saturated heterocycles. The minimum atomic E-state index is 0.172. The average molecular weight is 247 g/mol. The minimum Gasteiger partial charge on any atom is -0.380 e. The van der Waals surface area contributed by atoms with Crippen molar-refractivity contribution in [3.8, 4) is 5.69 Å². The molecule has 1 N–H and O–H groups in total. The lowest BCUT2D eigenvalue weighted by Crippen LogP contribution is -2.26. The number of ether oxygens (including phenoxy) is 1. The number of benzene rings is 1. The van der Waals surface area contributed by atoms with E-state index < -0.39 is 0 Å². The molecule has 0 amide bonds. The van der Waals surface area contributed by atoms with Crippen LogP contribution in [-0.2, 0) is 11.3 Å². The van der Waals surface area contributed by atoms with Gasteiger partial charge in [-0.3, -0.25) is 0 Å². The van der Waals surface area contributed by atoms with Gasteiger partial charge in [0.05, 0.1) is 18.3 Å². The Kier molecular flexibility index (Phi) is 4.38. The Hall–Kier alpha value is -1.79. The molecule has 1 atom stereocenters. The summed E-state index contributed by atoms with van der Waals surface area (Å²) in [7, 11) is 1.69. The fraction of sp³-hybridized carbons (Fsp3) is 0.417. The fourth-order valence-electron chi connectivity index (χ4n) is 1.56. The molecule has 0 aliphatic heterocycles. The first kappa shape index (κ1) is 12.7. The Morgan fingerprint density at radius 1 is 1.33 bits per heavy atom. The summed E-state index contributed by atoms with van der Waals surface area (Å²) in [4.78, 5) is 0. The number of nitrogens with zero attached hydrogens (tertiary/aromatic N) is 4. The van der Waals surface area contributed by atoms with Crippen LogP contribution in [0.3, 0.4) is 0 Å². The Labute approximate surface area is 106 Å². The summed E-state index contributed by atoms with van der Waals surface area (Å²) in [5.41, 5.74) is 0.957. The van der Waals surface area contributed by atoms with Gasteiger partial charge < -0.3 is 10.1 Å². The van der Waals surface area contributed by atoms with E-state index >= 15 is 0 Å². The summed E-state index contributed by atoms with van der Waals surface area (Å²) in [6.07, 6.45) is 0.172. The molecule has 0 bridgehead atoms. The highest BCUT2D eigenvalue weighted by molar-refractivity contribution is 5.30. The van der Waals surface area contributed by atoms with Crippen LogP contribution in [0.25, 0.3) is 5.69 Å². The van der Waals surface area contributed by atoms with Crippen molar-refractivity contribution in [3.63, 3.8) is 0 Å². The molecule has 6 heteroatoms. The zero-order valence-electron chi connectivity index (χ0n) is 10.6. The summed E-state index contributed by atoms with van der Waals surface area (Å²) >= 11 is 0. The number of para-hydroxylation sites is 1. The molecule has 0 radical (unpaired) electrons. The number of nitrogens with one attached hydrogen (secondary N) is 1. The van der Waals surface area contributed by atoms with E-state index in [4.69, 9.17) is 4.74 Å². The lowest BCUT2D eigenvalue weighted by molar-refractivity contribution is 0.117. The first-order valence-electron chi connectivity index (χ1n) is 5.87. The van der Waals surface area contributed by atoms with Crippen LogP contribution in [0, 0.1) is 0 Å². The van der Waals surface area contributed by atoms with Gasteiger partial charge in [0.25, 0.3) is 0 Å². The maximum Gasteiger partial charge on any atom is 0.170 e. The van der Waals surface area contributed by atoms with Gasteiger partial charge in [0.1, 0.15) is 0 Å².